The van der Waals surface area contributed by atoms with E-state index in [4.69, 9.17) is 0 Å². The van der Waals surface area contributed by atoms with Crippen molar-refractivity contribution < 1.29 is 73.7 Å². The predicted octanol–water partition coefficient (Wildman–Crippen LogP) is -7.38. The van der Waals surface area contributed by atoms with Crippen LogP contribution >= 0.6 is 8.38 Å². The molecule has 42 valence electrons. The molecule has 0 bridgehead atoms. The molecule has 0 radical (unpaired) electrons. The van der Waals surface area contributed by atoms with Gasteiger partial charge < -0.3 is 18.2 Å². The van der Waals surface area contributed by atoms with Gasteiger partial charge in [-0.3, -0.25) is 4.79 Å². The van der Waals surface area contributed by atoms with Crippen molar-refractivity contribution in [1.82, 2.24) is 0 Å². The van der Waals surface area contributed by atoms with Gasteiger partial charge >= 0.3 is 59.1 Å². The van der Waals surface area contributed by atoms with E-state index in [1.807, 2.05) is 0 Å². The third-order valence-electron chi connectivity index (χ3n) is 0.352. The van der Waals surface area contributed by atoms with Crippen LogP contribution in [0.1, 0.15) is 6.92 Å². The predicted molar refractivity (Wildman–Crippen MR) is 22.5 cm³/mol. The minimum absolute atomic E-state index is 0. The molecule has 0 amide bonds. The summed E-state index contributed by atoms with van der Waals surface area (Å²) in [4.78, 5) is 29.1. The third kappa shape index (κ3) is 17.8. The van der Waals surface area contributed by atoms with Crippen molar-refractivity contribution in [2.24, 2.45) is 0 Å². The van der Waals surface area contributed by atoms with Crippen LogP contribution in [-0.4, -0.2) is 11.9 Å². The van der Waals surface area contributed by atoms with Crippen molar-refractivity contribution in [2.75, 3.05) is 6.16 Å². The van der Waals surface area contributed by atoms with Gasteiger partial charge in [-0.15, -0.1) is 0 Å². The molecule has 0 N–H and O–H groups in total. The average molecular weight is 166 g/mol. The minimum Gasteiger partial charge on any atom is -0.841 e. The van der Waals surface area contributed by atoms with Crippen LogP contribution in [-0.2, 0) is 4.79 Å². The van der Waals surface area contributed by atoms with Gasteiger partial charge in [0, 0.05) is 0 Å². The third-order valence-corrected chi connectivity index (χ3v) is 1.06. The fourth-order valence-electron chi connectivity index (χ4n) is 0.182. The number of ketones is 1. The van der Waals surface area contributed by atoms with Crippen molar-refractivity contribution >= 4 is 14.2 Å². The van der Waals surface area contributed by atoms with Crippen LogP contribution in [0.25, 0.3) is 0 Å². The first kappa shape index (κ1) is 17.2. The molecule has 9 heavy (non-hydrogen) atoms. The standard InChI is InChI=1S/C3H5O3P.2Na/c1-3(4)2-7(5)6;;/h2H2,1H3;;/q-2;2*+1. The molecule has 0 aliphatic rings. The average Bonchev–Trinajstić information content (AvgIpc) is 1.27. The van der Waals surface area contributed by atoms with E-state index in [2.05, 4.69) is 0 Å². The second kappa shape index (κ2) is 10.0. The normalized spacial score (nSPS) is 7.56. The molecule has 0 aliphatic carbocycles. The molecule has 0 aromatic carbocycles. The summed E-state index contributed by atoms with van der Waals surface area (Å²) in [6.07, 6.45) is -0.324. The molecule has 0 atom stereocenters. The maximum Gasteiger partial charge on any atom is 1.00 e. The minimum atomic E-state index is -2.49. The Morgan fingerprint density at radius 2 is 1.78 bits per heavy atom. The van der Waals surface area contributed by atoms with Crippen LogP contribution in [0.15, 0.2) is 0 Å². The van der Waals surface area contributed by atoms with E-state index >= 15 is 0 Å². The molecule has 0 aromatic rings. The summed E-state index contributed by atoms with van der Waals surface area (Å²) in [7, 11) is -2.49. The van der Waals surface area contributed by atoms with Crippen LogP contribution in [0.5, 0.6) is 0 Å². The smallest absolute Gasteiger partial charge is 0.841 e. The Morgan fingerprint density at radius 3 is 1.78 bits per heavy atom. The summed E-state index contributed by atoms with van der Waals surface area (Å²) >= 11 is 0. The van der Waals surface area contributed by atoms with Crippen LogP contribution < -0.4 is 68.9 Å². The van der Waals surface area contributed by atoms with Crippen LogP contribution in [0.2, 0.25) is 0 Å². The fraction of sp³-hybridized carbons (Fsp3) is 0.667. The molecule has 0 unspecified atom stereocenters. The van der Waals surface area contributed by atoms with Crippen molar-refractivity contribution in [3.63, 3.8) is 0 Å². The topological polar surface area (TPSA) is 63.2 Å². The molecule has 0 saturated carbocycles. The summed E-state index contributed by atoms with van der Waals surface area (Å²) < 4.78 is 0. The quantitative estimate of drug-likeness (QED) is 0.302. The molecule has 0 heterocycles. The monoisotopic (exact) mass is 166 g/mol. The van der Waals surface area contributed by atoms with Crippen LogP contribution in [0.3, 0.4) is 0 Å². The SMILES string of the molecule is CC(=O)CP([O-])[O-].[Na+].[Na+]. The summed E-state index contributed by atoms with van der Waals surface area (Å²) in [5, 5.41) is 0. The van der Waals surface area contributed by atoms with E-state index < -0.39 is 8.38 Å². The van der Waals surface area contributed by atoms with Gasteiger partial charge in [0.1, 0.15) is 5.78 Å². The maximum absolute atomic E-state index is 9.87. The summed E-state index contributed by atoms with van der Waals surface area (Å²) in [5.74, 6) is -0.309. The van der Waals surface area contributed by atoms with Crippen LogP contribution in [0.4, 0.5) is 0 Å². The molecule has 0 aliphatic heterocycles. The Morgan fingerprint density at radius 1 is 1.44 bits per heavy atom. The van der Waals surface area contributed by atoms with Gasteiger partial charge in [0.2, 0.25) is 0 Å². The molecular formula is C3H5Na2O3P. The Kier molecular flexibility index (Phi) is 19.2. The second-order valence-electron chi connectivity index (χ2n) is 1.19. The van der Waals surface area contributed by atoms with E-state index in [1.165, 1.54) is 6.92 Å². The first-order chi connectivity index (χ1) is 3.13. The zero-order chi connectivity index (χ0) is 5.86. The van der Waals surface area contributed by atoms with E-state index in [0.717, 1.165) is 0 Å². The van der Waals surface area contributed by atoms with E-state index in [9.17, 15) is 14.6 Å². The number of rotatable bonds is 2. The zero-order valence-electron chi connectivity index (χ0n) is 5.88. The van der Waals surface area contributed by atoms with Crippen molar-refractivity contribution in [1.29, 1.82) is 0 Å². The number of Topliss-reactive ketones (excluding diaryl/α,β-unsaturated/α-hetero) is 1. The molecule has 3 nitrogen and oxygen atoms in total. The number of hydrogen-bond donors (Lipinski definition) is 0. The summed E-state index contributed by atoms with van der Waals surface area (Å²) in [5.41, 5.74) is 0. The fourth-order valence-corrected chi connectivity index (χ4v) is 0.545. The van der Waals surface area contributed by atoms with Crippen molar-refractivity contribution in [3.8, 4) is 0 Å². The Labute approximate surface area is 99.7 Å². The summed E-state index contributed by atoms with van der Waals surface area (Å²) in [6.45, 7) is 1.24. The zero-order valence-corrected chi connectivity index (χ0v) is 10.8. The van der Waals surface area contributed by atoms with E-state index in [1.54, 1.807) is 0 Å². The Bertz CT molecular complexity index is 77.5. The van der Waals surface area contributed by atoms with Gasteiger partial charge in [0.15, 0.2) is 0 Å². The Balaban J connectivity index is -0.000000180. The Hall–Kier alpha value is 2.02. The molecule has 0 fully saturated rings. The van der Waals surface area contributed by atoms with Gasteiger partial charge in [-0.1, -0.05) is 0 Å². The summed E-state index contributed by atoms with van der Waals surface area (Å²) in [6, 6.07) is 0. The number of hydrogen-bond acceptors (Lipinski definition) is 3. The first-order valence-electron chi connectivity index (χ1n) is 1.74. The number of carbonyl (C=O) groups is 1. The first-order valence-corrected chi connectivity index (χ1v) is 3.10. The maximum atomic E-state index is 9.87. The van der Waals surface area contributed by atoms with Gasteiger partial charge in [-0.25, -0.2) is 0 Å². The van der Waals surface area contributed by atoms with Crippen LogP contribution in [0, 0.1) is 0 Å². The van der Waals surface area contributed by atoms with Gasteiger partial charge in [-0.2, -0.15) is 0 Å². The number of carbonyl (C=O) groups excluding carboxylic acids is 1. The molecular weight excluding hydrogens is 161 g/mol. The van der Waals surface area contributed by atoms with E-state index in [0.29, 0.717) is 0 Å². The molecule has 0 rings (SSSR count). The van der Waals surface area contributed by atoms with E-state index in [-0.39, 0.29) is 71.1 Å². The molecule has 0 saturated heterocycles. The van der Waals surface area contributed by atoms with Gasteiger partial charge in [0.25, 0.3) is 0 Å². The van der Waals surface area contributed by atoms with Crippen molar-refractivity contribution in [3.05, 3.63) is 0 Å². The second-order valence-corrected chi connectivity index (χ2v) is 2.17. The molecule has 0 spiro atoms. The molecule has 6 heteroatoms. The van der Waals surface area contributed by atoms with Gasteiger partial charge in [-0.05, 0) is 13.1 Å². The largest absolute Gasteiger partial charge is 1.00 e. The molecule has 0 aromatic heterocycles. The van der Waals surface area contributed by atoms with Gasteiger partial charge in [0.05, 0.1) is 0 Å². The van der Waals surface area contributed by atoms with Crippen molar-refractivity contribution in [2.45, 2.75) is 6.92 Å².